The molecular weight excluding hydrogens is 394 g/mol. The van der Waals surface area contributed by atoms with Crippen LogP contribution in [0.25, 0.3) is 10.2 Å². The summed E-state index contributed by atoms with van der Waals surface area (Å²) in [5.41, 5.74) is 6.58. The number of hydrogen-bond donors (Lipinski definition) is 2. The van der Waals surface area contributed by atoms with Gasteiger partial charge in [0.15, 0.2) is 10.9 Å². The molecule has 1 heterocycles. The van der Waals surface area contributed by atoms with Gasteiger partial charge >= 0.3 is 0 Å². The topological polar surface area (TPSA) is 94.3 Å². The zero-order valence-electron chi connectivity index (χ0n) is 13.4. The molecule has 6 nitrogen and oxygen atoms in total. The van der Waals surface area contributed by atoms with Gasteiger partial charge in [-0.3, -0.25) is 9.59 Å². The zero-order chi connectivity index (χ0) is 18.5. The van der Waals surface area contributed by atoms with Crippen molar-refractivity contribution < 1.29 is 14.3 Å². The van der Waals surface area contributed by atoms with Crippen molar-refractivity contribution in [1.29, 1.82) is 0 Å². The van der Waals surface area contributed by atoms with E-state index in [0.717, 1.165) is 14.6 Å². The van der Waals surface area contributed by atoms with E-state index in [1.165, 1.54) is 23.1 Å². The van der Waals surface area contributed by atoms with E-state index in [2.05, 4.69) is 10.3 Å². The average molecular weight is 408 g/mol. The maximum atomic E-state index is 12.1. The number of carbonyl (C=O) groups is 2. The fourth-order valence-electron chi connectivity index (χ4n) is 2.08. The molecule has 1 aromatic heterocycles. The number of thioether (sulfide) groups is 1. The lowest BCUT2D eigenvalue weighted by Crippen LogP contribution is -2.20. The Balaban J connectivity index is 1.62. The van der Waals surface area contributed by atoms with Gasteiger partial charge in [0.1, 0.15) is 5.75 Å². The van der Waals surface area contributed by atoms with Gasteiger partial charge in [-0.2, -0.15) is 0 Å². The van der Waals surface area contributed by atoms with Crippen molar-refractivity contribution in [1.82, 2.24) is 4.98 Å². The molecule has 3 aromatic rings. The van der Waals surface area contributed by atoms with Crippen molar-refractivity contribution in [2.75, 3.05) is 17.7 Å². The Morgan fingerprint density at radius 1 is 1.27 bits per heavy atom. The number of nitrogens with one attached hydrogen (secondary N) is 1. The summed E-state index contributed by atoms with van der Waals surface area (Å²) < 4.78 is 7.07. The standard InChI is InChI=1S/C17H14ClN3O3S2/c18-11-3-1-2-4-13(11)24-8-16(23)20-10-5-6-12-14(7-10)26-17(21-12)25-9-15(19)22/h1-7H,8-9H2,(H2,19,22)(H,20,23). The summed E-state index contributed by atoms with van der Waals surface area (Å²) in [7, 11) is 0. The van der Waals surface area contributed by atoms with Crippen LogP contribution in [0.15, 0.2) is 46.8 Å². The van der Waals surface area contributed by atoms with E-state index in [9.17, 15) is 9.59 Å². The van der Waals surface area contributed by atoms with Crippen LogP contribution in [0.5, 0.6) is 5.75 Å². The molecule has 134 valence electrons. The maximum absolute atomic E-state index is 12.1. The van der Waals surface area contributed by atoms with Crippen LogP contribution in [-0.4, -0.2) is 29.2 Å². The summed E-state index contributed by atoms with van der Waals surface area (Å²) in [5, 5.41) is 3.23. The summed E-state index contributed by atoms with van der Waals surface area (Å²) in [4.78, 5) is 27.3. The van der Waals surface area contributed by atoms with Crippen LogP contribution in [0.4, 0.5) is 5.69 Å². The quantitative estimate of drug-likeness (QED) is 0.584. The van der Waals surface area contributed by atoms with Gasteiger partial charge in [0.05, 0.1) is 21.0 Å². The average Bonchev–Trinajstić information content (AvgIpc) is 3.01. The number of hydrogen-bond acceptors (Lipinski definition) is 6. The molecule has 9 heteroatoms. The fraction of sp³-hybridized carbons (Fsp3) is 0.118. The van der Waals surface area contributed by atoms with Gasteiger partial charge in [-0.1, -0.05) is 35.5 Å². The number of anilines is 1. The number of amides is 2. The van der Waals surface area contributed by atoms with Crippen molar-refractivity contribution in [2.45, 2.75) is 4.34 Å². The van der Waals surface area contributed by atoms with Crippen LogP contribution in [0.1, 0.15) is 0 Å². The van der Waals surface area contributed by atoms with Crippen LogP contribution >= 0.6 is 34.7 Å². The number of fused-ring (bicyclic) bond motifs is 1. The molecular formula is C17H14ClN3O3S2. The number of nitrogens with two attached hydrogens (primary N) is 1. The smallest absolute Gasteiger partial charge is 0.262 e. The first-order chi connectivity index (χ1) is 12.5. The molecule has 26 heavy (non-hydrogen) atoms. The highest BCUT2D eigenvalue weighted by Crippen LogP contribution is 2.31. The first-order valence-corrected chi connectivity index (χ1v) is 9.68. The molecule has 3 rings (SSSR count). The van der Waals surface area contributed by atoms with Crippen molar-refractivity contribution in [2.24, 2.45) is 5.73 Å². The molecule has 0 aliphatic rings. The van der Waals surface area contributed by atoms with Gasteiger partial charge in [-0.25, -0.2) is 4.98 Å². The largest absolute Gasteiger partial charge is 0.482 e. The third-order valence-electron chi connectivity index (χ3n) is 3.19. The third-order valence-corrected chi connectivity index (χ3v) is 5.68. The van der Waals surface area contributed by atoms with Gasteiger partial charge in [-0.15, -0.1) is 11.3 Å². The highest BCUT2D eigenvalue weighted by molar-refractivity contribution is 8.01. The minimum atomic E-state index is -0.388. The Bertz CT molecular complexity index is 961. The van der Waals surface area contributed by atoms with E-state index in [0.29, 0.717) is 16.5 Å². The summed E-state index contributed by atoms with van der Waals surface area (Å²) in [5.74, 6) is -0.0424. The van der Waals surface area contributed by atoms with Gasteiger partial charge in [0.25, 0.3) is 5.91 Å². The van der Waals surface area contributed by atoms with Gasteiger partial charge in [0.2, 0.25) is 5.91 Å². The molecule has 3 N–H and O–H groups in total. The number of rotatable bonds is 7. The first-order valence-electron chi connectivity index (χ1n) is 7.50. The minimum absolute atomic E-state index is 0.149. The predicted octanol–water partition coefficient (Wildman–Crippen LogP) is 3.54. The SMILES string of the molecule is NC(=O)CSc1nc2ccc(NC(=O)COc3ccccc3Cl)cc2s1. The first kappa shape index (κ1) is 18.5. The van der Waals surface area contributed by atoms with E-state index >= 15 is 0 Å². The molecule has 0 unspecified atom stereocenters. The summed E-state index contributed by atoms with van der Waals surface area (Å²) >= 11 is 8.72. The van der Waals surface area contributed by atoms with Crippen molar-refractivity contribution in [3.8, 4) is 5.75 Å². The summed E-state index contributed by atoms with van der Waals surface area (Å²) in [6.45, 7) is -0.149. The third kappa shape index (κ3) is 4.87. The summed E-state index contributed by atoms with van der Waals surface area (Å²) in [6.07, 6.45) is 0. The van der Waals surface area contributed by atoms with Gasteiger partial charge in [-0.05, 0) is 30.3 Å². The van der Waals surface area contributed by atoms with Crippen LogP contribution in [0.3, 0.4) is 0 Å². The van der Waals surface area contributed by atoms with Crippen molar-refractivity contribution in [3.05, 3.63) is 47.5 Å². The van der Waals surface area contributed by atoms with E-state index in [4.69, 9.17) is 22.1 Å². The Kier molecular flexibility index (Phi) is 5.97. The molecule has 0 saturated carbocycles. The molecule has 0 fully saturated rings. The second-order valence-corrected chi connectivity index (χ2v) is 7.84. The lowest BCUT2D eigenvalue weighted by molar-refractivity contribution is -0.118. The van der Waals surface area contributed by atoms with Crippen LogP contribution in [-0.2, 0) is 9.59 Å². The molecule has 2 aromatic carbocycles. The molecule has 2 amide bonds. The predicted molar refractivity (Wildman–Crippen MR) is 105 cm³/mol. The number of halogens is 1. The van der Waals surface area contributed by atoms with E-state index in [1.807, 2.05) is 12.1 Å². The highest BCUT2D eigenvalue weighted by atomic mass is 35.5. The Morgan fingerprint density at radius 2 is 2.08 bits per heavy atom. The van der Waals surface area contributed by atoms with Crippen LogP contribution in [0.2, 0.25) is 5.02 Å². The maximum Gasteiger partial charge on any atom is 0.262 e. The van der Waals surface area contributed by atoms with E-state index < -0.39 is 0 Å². The highest BCUT2D eigenvalue weighted by Gasteiger charge is 2.09. The Hall–Kier alpha value is -2.29. The number of ether oxygens (including phenoxy) is 1. The number of benzene rings is 2. The van der Waals surface area contributed by atoms with Gasteiger partial charge in [0, 0.05) is 5.69 Å². The summed E-state index contributed by atoms with van der Waals surface area (Å²) in [6, 6.07) is 12.4. The monoisotopic (exact) mass is 407 g/mol. The minimum Gasteiger partial charge on any atom is -0.482 e. The van der Waals surface area contributed by atoms with E-state index in [-0.39, 0.29) is 24.2 Å². The molecule has 0 aliphatic heterocycles. The van der Waals surface area contributed by atoms with Crippen LogP contribution in [0, 0.1) is 0 Å². The lowest BCUT2D eigenvalue weighted by atomic mass is 10.3. The van der Waals surface area contributed by atoms with Gasteiger partial charge < -0.3 is 15.8 Å². The molecule has 0 radical (unpaired) electrons. The normalized spacial score (nSPS) is 10.7. The molecule has 0 bridgehead atoms. The Labute approximate surface area is 162 Å². The number of thiazole rings is 1. The van der Waals surface area contributed by atoms with E-state index in [1.54, 1.807) is 30.3 Å². The number of carbonyl (C=O) groups excluding carboxylic acids is 2. The van der Waals surface area contributed by atoms with Crippen molar-refractivity contribution in [3.63, 3.8) is 0 Å². The number of aromatic nitrogens is 1. The molecule has 0 spiro atoms. The van der Waals surface area contributed by atoms with Crippen LogP contribution < -0.4 is 15.8 Å². The molecule has 0 saturated heterocycles. The Morgan fingerprint density at radius 3 is 2.85 bits per heavy atom. The second-order valence-electron chi connectivity index (χ2n) is 5.18. The zero-order valence-corrected chi connectivity index (χ0v) is 15.8. The molecule has 0 aliphatic carbocycles. The fourth-order valence-corrected chi connectivity index (χ4v) is 4.11. The number of para-hydroxylation sites is 1. The number of nitrogens with zero attached hydrogens (tertiary/aromatic N) is 1. The number of primary amides is 1. The van der Waals surface area contributed by atoms with Crippen molar-refractivity contribution >= 4 is 62.4 Å². The lowest BCUT2D eigenvalue weighted by Gasteiger charge is -2.08. The second kappa shape index (κ2) is 8.39. The molecule has 0 atom stereocenters.